The van der Waals surface area contributed by atoms with Crippen molar-refractivity contribution in [3.8, 4) is 6.07 Å². The number of aromatic nitrogens is 2. The number of nitrogens with zero attached hydrogens (tertiary/aromatic N) is 3. The van der Waals surface area contributed by atoms with Crippen LogP contribution in [0.5, 0.6) is 0 Å². The summed E-state index contributed by atoms with van der Waals surface area (Å²) in [6.45, 7) is 4.00. The molecule has 0 fully saturated rings. The number of nitrogens with one attached hydrogen (secondary N) is 2. The van der Waals surface area contributed by atoms with Gasteiger partial charge in [-0.15, -0.1) is 0 Å². The van der Waals surface area contributed by atoms with Crippen molar-refractivity contribution in [2.75, 3.05) is 24.8 Å². The zero-order valence-electron chi connectivity index (χ0n) is 14.8. The van der Waals surface area contributed by atoms with Crippen LogP contribution in [-0.2, 0) is 9.53 Å². The van der Waals surface area contributed by atoms with Crippen molar-refractivity contribution in [2.45, 2.75) is 25.9 Å². The molecule has 1 amide bonds. The molecule has 8 heteroatoms. The molecule has 1 atom stereocenters. The monoisotopic (exact) mass is 342 g/mol. The van der Waals surface area contributed by atoms with Crippen LogP contribution >= 0.6 is 0 Å². The molecule has 0 saturated heterocycles. The molecule has 132 valence electrons. The Kier molecular flexibility index (Phi) is 5.39. The third-order valence-electron chi connectivity index (χ3n) is 4.37. The first-order valence-electron chi connectivity index (χ1n) is 7.86. The Morgan fingerprint density at radius 2 is 2.20 bits per heavy atom. The average Bonchev–Trinajstić information content (AvgIpc) is 2.61. The summed E-state index contributed by atoms with van der Waals surface area (Å²) in [5.74, 6) is 0.343. The van der Waals surface area contributed by atoms with E-state index in [2.05, 4.69) is 20.6 Å². The van der Waals surface area contributed by atoms with Crippen molar-refractivity contribution in [3.63, 3.8) is 0 Å². The van der Waals surface area contributed by atoms with Gasteiger partial charge in [0.25, 0.3) is 0 Å². The Bertz CT molecular complexity index is 778. The number of rotatable bonds is 6. The smallest absolute Gasteiger partial charge is 0.244 e. The zero-order valence-corrected chi connectivity index (χ0v) is 14.8. The minimum absolute atomic E-state index is 0.0569. The van der Waals surface area contributed by atoms with Gasteiger partial charge in [0, 0.05) is 26.2 Å². The Hall–Kier alpha value is -2.92. The van der Waals surface area contributed by atoms with Crippen LogP contribution in [0.4, 0.5) is 11.8 Å². The largest absolute Gasteiger partial charge is 0.372 e. The number of hydrogen-bond acceptors (Lipinski definition) is 7. The van der Waals surface area contributed by atoms with Crippen LogP contribution in [0.25, 0.3) is 0 Å². The van der Waals surface area contributed by atoms with Gasteiger partial charge in [-0.3, -0.25) is 4.79 Å². The number of hydrogen-bond donors (Lipinski definition) is 3. The van der Waals surface area contributed by atoms with Crippen molar-refractivity contribution in [1.82, 2.24) is 9.97 Å². The van der Waals surface area contributed by atoms with Gasteiger partial charge in [-0.25, -0.2) is 4.98 Å². The number of primary amides is 1. The average molecular weight is 342 g/mol. The number of allylic oxidation sites excluding steroid dienone is 2. The Labute approximate surface area is 146 Å². The fourth-order valence-corrected chi connectivity index (χ4v) is 2.85. The highest BCUT2D eigenvalue weighted by Crippen LogP contribution is 2.38. The molecule has 25 heavy (non-hydrogen) atoms. The van der Waals surface area contributed by atoms with E-state index in [0.717, 1.165) is 5.70 Å². The molecular formula is C17H22N6O2. The van der Waals surface area contributed by atoms with Crippen LogP contribution in [0.1, 0.15) is 25.8 Å². The highest BCUT2D eigenvalue weighted by Gasteiger charge is 2.41. The zero-order chi connectivity index (χ0) is 18.6. The minimum Gasteiger partial charge on any atom is -0.372 e. The van der Waals surface area contributed by atoms with Gasteiger partial charge in [0.05, 0.1) is 11.9 Å². The van der Waals surface area contributed by atoms with Crippen LogP contribution in [-0.4, -0.2) is 35.6 Å². The summed E-state index contributed by atoms with van der Waals surface area (Å²) in [6, 6.07) is 2.03. The highest BCUT2D eigenvalue weighted by atomic mass is 16.5. The predicted molar refractivity (Wildman–Crippen MR) is 94.5 cm³/mol. The molecule has 2 rings (SSSR count). The maximum atomic E-state index is 11.6. The molecule has 0 radical (unpaired) electrons. The van der Waals surface area contributed by atoms with Gasteiger partial charge in [0.2, 0.25) is 11.9 Å². The quantitative estimate of drug-likeness (QED) is 0.716. The van der Waals surface area contributed by atoms with Crippen molar-refractivity contribution in [2.24, 2.45) is 11.7 Å². The van der Waals surface area contributed by atoms with E-state index in [1.807, 2.05) is 19.9 Å². The molecular weight excluding hydrogens is 320 g/mol. The molecule has 8 nitrogen and oxygen atoms in total. The topological polar surface area (TPSA) is 126 Å². The fraction of sp³-hybridized carbons (Fsp3) is 0.412. The van der Waals surface area contributed by atoms with Crippen molar-refractivity contribution >= 4 is 17.7 Å². The third-order valence-corrected chi connectivity index (χ3v) is 4.37. The molecule has 0 aromatic carbocycles. The van der Waals surface area contributed by atoms with Gasteiger partial charge in [-0.2, -0.15) is 10.2 Å². The molecule has 0 saturated carbocycles. The molecule has 0 spiro atoms. The van der Waals surface area contributed by atoms with E-state index in [4.69, 9.17) is 15.7 Å². The van der Waals surface area contributed by atoms with E-state index in [-0.39, 0.29) is 5.92 Å². The molecule has 1 aliphatic rings. The lowest BCUT2D eigenvalue weighted by Gasteiger charge is -2.40. The molecule has 1 aromatic heterocycles. The number of nitriles is 1. The van der Waals surface area contributed by atoms with Gasteiger partial charge < -0.3 is 21.1 Å². The second-order valence-electron chi connectivity index (χ2n) is 6.00. The lowest BCUT2D eigenvalue weighted by Crippen LogP contribution is -2.45. The SMILES string of the molecule is CNc1nc(NC2=CC=C(C(N)=O)CC2(OC)C(C)C)ncc1C#N. The minimum atomic E-state index is -0.754. The summed E-state index contributed by atoms with van der Waals surface area (Å²) >= 11 is 0. The Morgan fingerprint density at radius 1 is 1.48 bits per heavy atom. The number of anilines is 2. The van der Waals surface area contributed by atoms with E-state index in [1.165, 1.54) is 6.20 Å². The Balaban J connectivity index is 2.44. The normalized spacial score (nSPS) is 19.7. The first kappa shape index (κ1) is 18.4. The number of amides is 1. The van der Waals surface area contributed by atoms with Gasteiger partial charge in [-0.1, -0.05) is 19.9 Å². The standard InChI is InChI=1S/C17H22N6O2/c1-10(2)17(25-4)7-11(14(19)24)5-6-13(17)22-16-21-9-12(8-18)15(20-3)23-16/h5-6,9-10H,7H2,1-4H3,(H2,19,24)(H2,20,21,22,23). The van der Waals surface area contributed by atoms with Crippen LogP contribution in [0, 0.1) is 17.2 Å². The number of ether oxygens (including phenoxy) is 1. The van der Waals surface area contributed by atoms with E-state index < -0.39 is 11.5 Å². The number of methoxy groups -OCH3 is 1. The summed E-state index contributed by atoms with van der Waals surface area (Å²) < 4.78 is 5.80. The van der Waals surface area contributed by atoms with Crippen LogP contribution in [0.15, 0.2) is 29.6 Å². The Morgan fingerprint density at radius 3 is 2.72 bits per heavy atom. The summed E-state index contributed by atoms with van der Waals surface area (Å²) in [7, 11) is 3.28. The summed E-state index contributed by atoms with van der Waals surface area (Å²) in [4.78, 5) is 20.1. The van der Waals surface area contributed by atoms with Gasteiger partial charge in [0.1, 0.15) is 23.1 Å². The fourth-order valence-electron chi connectivity index (χ4n) is 2.85. The van der Waals surface area contributed by atoms with Crippen molar-refractivity contribution in [1.29, 1.82) is 5.26 Å². The first-order chi connectivity index (χ1) is 11.9. The van der Waals surface area contributed by atoms with Gasteiger partial charge in [0.15, 0.2) is 0 Å². The summed E-state index contributed by atoms with van der Waals surface area (Å²) in [5, 5.41) is 15.1. The van der Waals surface area contributed by atoms with Crippen molar-refractivity contribution in [3.05, 3.63) is 35.2 Å². The van der Waals surface area contributed by atoms with E-state index >= 15 is 0 Å². The van der Waals surface area contributed by atoms with E-state index in [1.54, 1.807) is 26.3 Å². The molecule has 0 aliphatic heterocycles. The van der Waals surface area contributed by atoms with Gasteiger partial charge in [-0.05, 0) is 12.0 Å². The van der Waals surface area contributed by atoms with Crippen LogP contribution in [0.3, 0.4) is 0 Å². The van der Waals surface area contributed by atoms with E-state index in [9.17, 15) is 4.79 Å². The number of carbonyl (C=O) groups is 1. The molecule has 1 aromatic rings. The molecule has 1 aliphatic carbocycles. The molecule has 4 N–H and O–H groups in total. The van der Waals surface area contributed by atoms with Crippen molar-refractivity contribution < 1.29 is 9.53 Å². The van der Waals surface area contributed by atoms with Crippen LogP contribution < -0.4 is 16.4 Å². The maximum absolute atomic E-state index is 11.6. The van der Waals surface area contributed by atoms with Gasteiger partial charge >= 0.3 is 0 Å². The molecule has 1 heterocycles. The second-order valence-corrected chi connectivity index (χ2v) is 6.00. The number of nitrogens with two attached hydrogens (primary N) is 1. The first-order valence-corrected chi connectivity index (χ1v) is 7.86. The van der Waals surface area contributed by atoms with Crippen LogP contribution in [0.2, 0.25) is 0 Å². The molecule has 0 bridgehead atoms. The molecule has 1 unspecified atom stereocenters. The third kappa shape index (κ3) is 3.46. The summed E-state index contributed by atoms with van der Waals surface area (Å²) in [5.41, 5.74) is 6.25. The highest BCUT2D eigenvalue weighted by molar-refractivity contribution is 5.93. The lowest BCUT2D eigenvalue weighted by atomic mass is 9.78. The number of carbonyl (C=O) groups excluding carboxylic acids is 1. The second kappa shape index (κ2) is 7.32. The maximum Gasteiger partial charge on any atom is 0.244 e. The predicted octanol–water partition coefficient (Wildman–Crippen LogP) is 1.54. The van der Waals surface area contributed by atoms with E-state index in [0.29, 0.717) is 29.3 Å². The lowest BCUT2D eigenvalue weighted by molar-refractivity contribution is -0.115. The summed E-state index contributed by atoms with van der Waals surface area (Å²) in [6.07, 6.45) is 5.23.